The topological polar surface area (TPSA) is 106 Å². The molecule has 46 heavy (non-hydrogen) atoms. The Kier molecular flexibility index (Phi) is 7.68. The van der Waals surface area contributed by atoms with Crippen LogP contribution in [0.1, 0.15) is 52.9 Å². The van der Waals surface area contributed by atoms with Gasteiger partial charge in [0.25, 0.3) is 5.91 Å². The van der Waals surface area contributed by atoms with Crippen LogP contribution in [0, 0.1) is 24.7 Å². The van der Waals surface area contributed by atoms with Gasteiger partial charge in [0, 0.05) is 37.1 Å². The van der Waals surface area contributed by atoms with Crippen LogP contribution in [0.25, 0.3) is 22.8 Å². The van der Waals surface area contributed by atoms with Gasteiger partial charge in [0.05, 0.1) is 18.7 Å². The fourth-order valence-corrected chi connectivity index (χ4v) is 6.16. The third-order valence-electron chi connectivity index (χ3n) is 8.29. The molecule has 8 rings (SSSR count). The molecule has 3 aromatic heterocycles. The highest BCUT2D eigenvalue weighted by Crippen LogP contribution is 2.50. The van der Waals surface area contributed by atoms with Gasteiger partial charge in [-0.25, -0.2) is 9.88 Å². The van der Waals surface area contributed by atoms with Crippen molar-refractivity contribution in [2.24, 2.45) is 13.0 Å². The minimum Gasteiger partial charge on any atom is -0.360 e. The minimum atomic E-state index is -0.274. The van der Waals surface area contributed by atoms with E-state index in [1.165, 1.54) is 0 Å². The SMILES string of the molecule is Cc1onc(-c2ccccc2)c1C(=O)NCC#Cc1cccc(Cn2nc3c(c2-c2nccn2C)C2OC(N3CC(C)C)N2C)c1. The Morgan fingerprint density at radius 3 is 2.67 bits per heavy atom. The first kappa shape index (κ1) is 29.5. The highest BCUT2D eigenvalue weighted by molar-refractivity contribution is 6.00. The fraction of sp³-hybridized carbons (Fsp3) is 0.314. The molecule has 0 aliphatic carbocycles. The molecule has 11 nitrogen and oxygen atoms in total. The lowest BCUT2D eigenvalue weighted by Crippen LogP contribution is -2.64. The van der Waals surface area contributed by atoms with Gasteiger partial charge >= 0.3 is 0 Å². The number of aromatic nitrogens is 5. The molecule has 2 bridgehead atoms. The first-order chi connectivity index (χ1) is 22.3. The summed E-state index contributed by atoms with van der Waals surface area (Å²) in [6, 6.07) is 17.6. The summed E-state index contributed by atoms with van der Waals surface area (Å²) >= 11 is 0. The lowest BCUT2D eigenvalue weighted by Gasteiger charge is -2.55. The summed E-state index contributed by atoms with van der Waals surface area (Å²) in [6.45, 7) is 7.69. The predicted molar refractivity (Wildman–Crippen MR) is 173 cm³/mol. The second-order valence-electron chi connectivity index (χ2n) is 12.1. The first-order valence-corrected chi connectivity index (χ1v) is 15.4. The number of benzene rings is 2. The third kappa shape index (κ3) is 5.25. The van der Waals surface area contributed by atoms with Crippen LogP contribution < -0.4 is 10.2 Å². The first-order valence-electron chi connectivity index (χ1n) is 15.4. The molecule has 3 aliphatic heterocycles. The molecule has 3 aliphatic rings. The normalized spacial score (nSPS) is 17.0. The van der Waals surface area contributed by atoms with Crippen LogP contribution in [0.3, 0.4) is 0 Å². The van der Waals surface area contributed by atoms with E-state index >= 15 is 0 Å². The van der Waals surface area contributed by atoms with Crippen molar-refractivity contribution in [2.45, 2.75) is 39.9 Å². The van der Waals surface area contributed by atoms with E-state index in [-0.39, 0.29) is 25.0 Å². The van der Waals surface area contributed by atoms with Crippen LogP contribution in [0.5, 0.6) is 0 Å². The number of hydrogen-bond donors (Lipinski definition) is 1. The summed E-state index contributed by atoms with van der Waals surface area (Å²) in [4.78, 5) is 22.2. The number of amides is 1. The van der Waals surface area contributed by atoms with Crippen LogP contribution in [-0.4, -0.2) is 61.8 Å². The molecule has 0 spiro atoms. The summed E-state index contributed by atoms with van der Waals surface area (Å²) in [5, 5.41) is 12.2. The number of nitrogens with zero attached hydrogens (tertiary/aromatic N) is 7. The molecule has 2 atom stereocenters. The van der Waals surface area contributed by atoms with Crippen LogP contribution in [0.15, 0.2) is 71.5 Å². The Morgan fingerprint density at radius 2 is 1.93 bits per heavy atom. The molecule has 11 heteroatoms. The molecule has 1 fully saturated rings. The number of carbonyl (C=O) groups is 1. The van der Waals surface area contributed by atoms with E-state index in [9.17, 15) is 4.79 Å². The summed E-state index contributed by atoms with van der Waals surface area (Å²) in [7, 11) is 4.09. The summed E-state index contributed by atoms with van der Waals surface area (Å²) in [6.07, 6.45) is 3.48. The van der Waals surface area contributed by atoms with Crippen LogP contribution in [0.4, 0.5) is 5.82 Å². The van der Waals surface area contributed by atoms with E-state index in [1.807, 2.05) is 71.2 Å². The van der Waals surface area contributed by atoms with E-state index in [0.717, 1.165) is 46.1 Å². The number of imidazole rings is 1. The van der Waals surface area contributed by atoms with Crippen molar-refractivity contribution >= 4 is 11.7 Å². The van der Waals surface area contributed by atoms with Gasteiger partial charge in [-0.2, -0.15) is 5.10 Å². The van der Waals surface area contributed by atoms with E-state index in [4.69, 9.17) is 19.3 Å². The molecule has 1 amide bonds. The summed E-state index contributed by atoms with van der Waals surface area (Å²) in [5.41, 5.74) is 5.65. The van der Waals surface area contributed by atoms with Crippen molar-refractivity contribution in [3.63, 3.8) is 0 Å². The van der Waals surface area contributed by atoms with Crippen molar-refractivity contribution in [3.8, 4) is 34.6 Å². The molecule has 2 aromatic carbocycles. The Labute approximate surface area is 267 Å². The number of anilines is 1. The maximum atomic E-state index is 13.0. The number of nitrogens with one attached hydrogen (secondary N) is 1. The van der Waals surface area contributed by atoms with E-state index < -0.39 is 0 Å². The smallest absolute Gasteiger partial charge is 0.257 e. The van der Waals surface area contributed by atoms with Gasteiger partial charge in [-0.15, -0.1) is 0 Å². The summed E-state index contributed by atoms with van der Waals surface area (Å²) in [5.74, 6) is 8.71. The van der Waals surface area contributed by atoms with Gasteiger partial charge in [0.2, 0.25) is 0 Å². The lowest BCUT2D eigenvalue weighted by molar-refractivity contribution is -0.286. The highest BCUT2D eigenvalue weighted by atomic mass is 16.6. The minimum absolute atomic E-state index is 0.116. The number of rotatable bonds is 8. The van der Waals surface area contributed by atoms with Crippen LogP contribution >= 0.6 is 0 Å². The van der Waals surface area contributed by atoms with E-state index in [2.05, 4.69) is 65.1 Å². The number of carbonyl (C=O) groups excluding carboxylic acids is 1. The van der Waals surface area contributed by atoms with Gasteiger partial charge in [-0.1, -0.05) is 73.3 Å². The van der Waals surface area contributed by atoms with Gasteiger partial charge in [0.15, 0.2) is 18.0 Å². The van der Waals surface area contributed by atoms with Crippen LogP contribution in [-0.2, 0) is 18.3 Å². The molecular weight excluding hydrogens is 580 g/mol. The standard InChI is InChI=1S/C35H36N8O3/c1-22(2)20-42-31-28(34-41(5)35(42)45-34)30(32-36-17-18-40(32)4)43(38-31)21-25-12-9-11-24(19-25)13-10-16-37-33(44)27-23(3)46-39-29(27)26-14-7-6-8-15-26/h6-9,11-12,14-15,17-19,22,34-35H,16,20-21H2,1-5H3,(H,37,44). The Balaban J connectivity index is 1.12. The lowest BCUT2D eigenvalue weighted by atomic mass is 10.0. The van der Waals surface area contributed by atoms with Crippen molar-refractivity contribution < 1.29 is 14.1 Å². The molecule has 2 unspecified atom stereocenters. The van der Waals surface area contributed by atoms with Crippen molar-refractivity contribution in [1.29, 1.82) is 0 Å². The Hall–Kier alpha value is -5.18. The largest absolute Gasteiger partial charge is 0.360 e. The maximum Gasteiger partial charge on any atom is 0.257 e. The van der Waals surface area contributed by atoms with Crippen molar-refractivity contribution in [2.75, 3.05) is 25.0 Å². The molecule has 0 saturated carbocycles. The second-order valence-corrected chi connectivity index (χ2v) is 12.1. The fourth-order valence-electron chi connectivity index (χ4n) is 6.16. The third-order valence-corrected chi connectivity index (χ3v) is 8.29. The molecule has 0 radical (unpaired) electrons. The quantitative estimate of drug-likeness (QED) is 0.248. The zero-order chi connectivity index (χ0) is 31.9. The van der Waals surface area contributed by atoms with Gasteiger partial charge in [-0.3, -0.25) is 9.48 Å². The van der Waals surface area contributed by atoms with Crippen LogP contribution in [0.2, 0.25) is 0 Å². The number of aryl methyl sites for hydroxylation is 2. The average molecular weight is 617 g/mol. The Bertz CT molecular complexity index is 1960. The molecule has 6 heterocycles. The second kappa shape index (κ2) is 12.0. The zero-order valence-electron chi connectivity index (χ0n) is 26.6. The molecule has 234 valence electrons. The maximum absolute atomic E-state index is 13.0. The molecule has 1 saturated heterocycles. The van der Waals surface area contributed by atoms with Gasteiger partial charge in [-0.05, 0) is 37.6 Å². The van der Waals surface area contributed by atoms with Crippen molar-refractivity contribution in [3.05, 3.63) is 95.0 Å². The Morgan fingerprint density at radius 1 is 1.11 bits per heavy atom. The molecule has 5 aromatic rings. The van der Waals surface area contributed by atoms with E-state index in [0.29, 0.717) is 29.5 Å². The molecule has 1 N–H and O–H groups in total. The summed E-state index contributed by atoms with van der Waals surface area (Å²) < 4.78 is 15.7. The average Bonchev–Trinajstić information content (AvgIpc) is 3.75. The number of ether oxygens (including phenoxy) is 1. The number of hydrogen-bond acceptors (Lipinski definition) is 8. The molecular formula is C35H36N8O3. The zero-order valence-corrected chi connectivity index (χ0v) is 26.6. The highest BCUT2D eigenvalue weighted by Gasteiger charge is 2.52. The van der Waals surface area contributed by atoms with Gasteiger partial charge in [0.1, 0.15) is 28.9 Å². The predicted octanol–water partition coefficient (Wildman–Crippen LogP) is 4.80. The monoisotopic (exact) mass is 616 g/mol. The van der Waals surface area contributed by atoms with E-state index in [1.54, 1.807) is 6.92 Å². The van der Waals surface area contributed by atoms with Crippen molar-refractivity contribution in [1.82, 2.24) is 34.7 Å². The van der Waals surface area contributed by atoms with Gasteiger partial charge < -0.3 is 24.0 Å².